The lowest BCUT2D eigenvalue weighted by atomic mass is 10.1. The van der Waals surface area contributed by atoms with Crippen molar-refractivity contribution < 1.29 is 17.9 Å². The van der Waals surface area contributed by atoms with Gasteiger partial charge in [0, 0.05) is 37.5 Å². The number of ether oxygens (including phenoxy) is 1. The molecule has 1 atom stereocenters. The van der Waals surface area contributed by atoms with Crippen LogP contribution in [0.25, 0.3) is 0 Å². The van der Waals surface area contributed by atoms with E-state index >= 15 is 0 Å². The Morgan fingerprint density at radius 3 is 2.47 bits per heavy atom. The van der Waals surface area contributed by atoms with E-state index in [1.54, 1.807) is 29.3 Å². The average molecular weight is 431 g/mol. The number of carbonyl (C=O) groups is 1. The van der Waals surface area contributed by atoms with Gasteiger partial charge in [0.05, 0.1) is 11.4 Å². The number of sulfonamides is 1. The van der Waals surface area contributed by atoms with Crippen LogP contribution in [-0.2, 0) is 10.0 Å². The molecule has 4 rings (SSSR count). The first-order valence-corrected chi connectivity index (χ1v) is 11.8. The molecule has 0 saturated carbocycles. The van der Waals surface area contributed by atoms with Crippen LogP contribution in [0.2, 0.25) is 0 Å². The summed E-state index contributed by atoms with van der Waals surface area (Å²) in [7, 11) is -3.50. The van der Waals surface area contributed by atoms with Gasteiger partial charge >= 0.3 is 0 Å². The first kappa shape index (κ1) is 20.7. The Labute approximate surface area is 176 Å². The molecule has 2 aliphatic heterocycles. The molecule has 8 nitrogen and oxygen atoms in total. The van der Waals surface area contributed by atoms with E-state index in [0.29, 0.717) is 37.6 Å². The number of hydrogen-bond donors (Lipinski definition) is 0. The number of rotatable bonds is 5. The SMILES string of the molecule is O=C(c1ccc(S(=O)(=O)N2CCCCC2)cc1)N1CCCC(Oc2ccncn2)C1. The molecular weight excluding hydrogens is 404 g/mol. The summed E-state index contributed by atoms with van der Waals surface area (Å²) in [5.41, 5.74) is 0.482. The largest absolute Gasteiger partial charge is 0.472 e. The molecule has 1 amide bonds. The third-order valence-corrected chi connectivity index (χ3v) is 7.47. The zero-order valence-corrected chi connectivity index (χ0v) is 17.6. The number of nitrogens with zero attached hydrogens (tertiary/aromatic N) is 4. The van der Waals surface area contributed by atoms with Crippen LogP contribution in [0, 0.1) is 0 Å². The smallest absolute Gasteiger partial charge is 0.253 e. The normalized spacial score (nSPS) is 20.7. The number of benzene rings is 1. The van der Waals surface area contributed by atoms with Gasteiger partial charge in [-0.2, -0.15) is 4.31 Å². The molecule has 2 fully saturated rings. The van der Waals surface area contributed by atoms with Gasteiger partial charge in [-0.3, -0.25) is 4.79 Å². The highest BCUT2D eigenvalue weighted by Gasteiger charge is 2.28. The molecule has 2 saturated heterocycles. The van der Waals surface area contributed by atoms with E-state index in [-0.39, 0.29) is 16.9 Å². The zero-order chi connectivity index (χ0) is 21.0. The molecule has 2 aromatic rings. The van der Waals surface area contributed by atoms with Crippen LogP contribution in [0.1, 0.15) is 42.5 Å². The van der Waals surface area contributed by atoms with Gasteiger partial charge < -0.3 is 9.64 Å². The Morgan fingerprint density at radius 1 is 1.00 bits per heavy atom. The Bertz CT molecular complexity index is 960. The molecule has 0 aliphatic carbocycles. The molecule has 30 heavy (non-hydrogen) atoms. The van der Waals surface area contributed by atoms with E-state index in [2.05, 4.69) is 9.97 Å². The van der Waals surface area contributed by atoms with Gasteiger partial charge in [0.1, 0.15) is 12.4 Å². The summed E-state index contributed by atoms with van der Waals surface area (Å²) in [5, 5.41) is 0. The second kappa shape index (κ2) is 9.09. The monoisotopic (exact) mass is 430 g/mol. The van der Waals surface area contributed by atoms with E-state index in [9.17, 15) is 13.2 Å². The van der Waals surface area contributed by atoms with Crippen molar-refractivity contribution in [2.45, 2.75) is 43.1 Å². The highest BCUT2D eigenvalue weighted by atomic mass is 32.2. The average Bonchev–Trinajstić information content (AvgIpc) is 2.80. The zero-order valence-electron chi connectivity index (χ0n) is 16.8. The Morgan fingerprint density at radius 2 is 1.77 bits per heavy atom. The molecule has 2 aliphatic rings. The first-order valence-electron chi connectivity index (χ1n) is 10.4. The van der Waals surface area contributed by atoms with Gasteiger partial charge in [0.25, 0.3) is 5.91 Å². The molecule has 0 radical (unpaired) electrons. The molecule has 0 N–H and O–H groups in total. The van der Waals surface area contributed by atoms with Gasteiger partial charge in [-0.15, -0.1) is 0 Å². The maximum atomic E-state index is 12.9. The lowest BCUT2D eigenvalue weighted by Crippen LogP contribution is -2.44. The van der Waals surface area contributed by atoms with E-state index in [4.69, 9.17) is 4.74 Å². The van der Waals surface area contributed by atoms with E-state index in [1.807, 2.05) is 0 Å². The van der Waals surface area contributed by atoms with Crippen molar-refractivity contribution in [1.82, 2.24) is 19.2 Å². The first-order chi connectivity index (χ1) is 14.5. The number of likely N-dealkylation sites (tertiary alicyclic amines) is 1. The lowest BCUT2D eigenvalue weighted by Gasteiger charge is -2.32. The predicted molar refractivity (Wildman–Crippen MR) is 111 cm³/mol. The Balaban J connectivity index is 1.41. The number of amides is 1. The highest BCUT2D eigenvalue weighted by Crippen LogP contribution is 2.22. The van der Waals surface area contributed by atoms with Gasteiger partial charge in [-0.1, -0.05) is 6.42 Å². The van der Waals surface area contributed by atoms with Crippen molar-refractivity contribution >= 4 is 15.9 Å². The molecule has 1 aromatic carbocycles. The van der Waals surface area contributed by atoms with E-state index in [1.165, 1.54) is 22.8 Å². The molecule has 9 heteroatoms. The van der Waals surface area contributed by atoms with Crippen LogP contribution >= 0.6 is 0 Å². The highest BCUT2D eigenvalue weighted by molar-refractivity contribution is 7.89. The van der Waals surface area contributed by atoms with Crippen LogP contribution in [0.4, 0.5) is 0 Å². The minimum absolute atomic E-state index is 0.118. The quantitative estimate of drug-likeness (QED) is 0.723. The third-order valence-electron chi connectivity index (χ3n) is 5.56. The fraction of sp³-hybridized carbons (Fsp3) is 0.476. The maximum Gasteiger partial charge on any atom is 0.253 e. The van der Waals surface area contributed by atoms with Crippen molar-refractivity contribution in [2.75, 3.05) is 26.2 Å². The van der Waals surface area contributed by atoms with Crippen molar-refractivity contribution in [3.63, 3.8) is 0 Å². The van der Waals surface area contributed by atoms with E-state index in [0.717, 1.165) is 32.1 Å². The van der Waals surface area contributed by atoms with Crippen LogP contribution in [0.3, 0.4) is 0 Å². The van der Waals surface area contributed by atoms with Gasteiger partial charge in [-0.05, 0) is 49.9 Å². The van der Waals surface area contributed by atoms with Crippen LogP contribution in [-0.4, -0.2) is 65.8 Å². The molecule has 1 aromatic heterocycles. The van der Waals surface area contributed by atoms with Crippen molar-refractivity contribution in [3.8, 4) is 5.88 Å². The molecule has 0 spiro atoms. The minimum Gasteiger partial charge on any atom is -0.472 e. The standard InChI is InChI=1S/C21H26N4O4S/c26-21(24-12-4-5-18(15-24)29-20-10-11-22-16-23-20)17-6-8-19(9-7-17)30(27,28)25-13-2-1-3-14-25/h6-11,16,18H,1-5,12-15H2. The molecule has 160 valence electrons. The van der Waals surface area contributed by atoms with Crippen molar-refractivity contribution in [2.24, 2.45) is 0 Å². The summed E-state index contributed by atoms with van der Waals surface area (Å²) in [5.74, 6) is 0.379. The third kappa shape index (κ3) is 4.62. The molecule has 1 unspecified atom stereocenters. The Kier molecular flexibility index (Phi) is 6.29. The maximum absolute atomic E-state index is 12.9. The Hall–Kier alpha value is -2.52. The summed E-state index contributed by atoms with van der Waals surface area (Å²) in [6, 6.07) is 7.98. The fourth-order valence-corrected chi connectivity index (χ4v) is 5.46. The fourth-order valence-electron chi connectivity index (χ4n) is 3.94. The van der Waals surface area contributed by atoms with Crippen molar-refractivity contribution in [3.05, 3.63) is 48.4 Å². The second-order valence-electron chi connectivity index (χ2n) is 7.67. The lowest BCUT2D eigenvalue weighted by molar-refractivity contribution is 0.0527. The number of aromatic nitrogens is 2. The minimum atomic E-state index is -3.50. The number of carbonyl (C=O) groups excluding carboxylic acids is 1. The summed E-state index contributed by atoms with van der Waals surface area (Å²) < 4.78 is 33.0. The predicted octanol–water partition coefficient (Wildman–Crippen LogP) is 2.33. The van der Waals surface area contributed by atoms with Crippen LogP contribution in [0.5, 0.6) is 5.88 Å². The topological polar surface area (TPSA) is 92.7 Å². The van der Waals surface area contributed by atoms with Crippen LogP contribution < -0.4 is 4.74 Å². The summed E-state index contributed by atoms with van der Waals surface area (Å²) in [4.78, 5) is 22.9. The number of hydrogen-bond acceptors (Lipinski definition) is 6. The molecular formula is C21H26N4O4S. The van der Waals surface area contributed by atoms with Gasteiger partial charge in [0.2, 0.25) is 15.9 Å². The summed E-state index contributed by atoms with van der Waals surface area (Å²) in [6.07, 6.45) is 7.46. The molecule has 3 heterocycles. The summed E-state index contributed by atoms with van der Waals surface area (Å²) in [6.45, 7) is 2.24. The second-order valence-corrected chi connectivity index (χ2v) is 9.61. The number of piperidine rings is 2. The molecule has 0 bridgehead atoms. The van der Waals surface area contributed by atoms with E-state index < -0.39 is 10.0 Å². The van der Waals surface area contributed by atoms with Gasteiger partial charge in [-0.25, -0.2) is 18.4 Å². The van der Waals surface area contributed by atoms with Crippen molar-refractivity contribution in [1.29, 1.82) is 0 Å². The summed E-state index contributed by atoms with van der Waals surface area (Å²) >= 11 is 0. The van der Waals surface area contributed by atoms with Crippen LogP contribution in [0.15, 0.2) is 47.8 Å². The van der Waals surface area contributed by atoms with Gasteiger partial charge in [0.15, 0.2) is 0 Å².